The first-order chi connectivity index (χ1) is 12.6. The number of nitrogens with zero attached hydrogens (tertiary/aromatic N) is 2. The number of thiophene rings is 1. The number of thioether (sulfide) groups is 1. The zero-order valence-corrected chi connectivity index (χ0v) is 17.1. The molecule has 8 heteroatoms. The molecule has 0 spiro atoms. The minimum absolute atomic E-state index is 0.00452. The van der Waals surface area contributed by atoms with Crippen LogP contribution in [-0.4, -0.2) is 41.0 Å². The van der Waals surface area contributed by atoms with E-state index in [-0.39, 0.29) is 16.7 Å². The number of rotatable bonds is 8. The molecule has 1 atom stereocenters. The lowest BCUT2D eigenvalue weighted by molar-refractivity contribution is -0.120. The summed E-state index contributed by atoms with van der Waals surface area (Å²) in [5.41, 5.74) is 1.18. The van der Waals surface area contributed by atoms with Crippen molar-refractivity contribution in [1.82, 2.24) is 14.9 Å². The Labute approximate surface area is 161 Å². The Morgan fingerprint density at radius 2 is 2.27 bits per heavy atom. The molecule has 0 fully saturated rings. The van der Waals surface area contributed by atoms with E-state index in [4.69, 9.17) is 9.72 Å². The first-order valence-electron chi connectivity index (χ1n) is 9.05. The molecular formula is C18H25N3O3S2. The lowest BCUT2D eigenvalue weighted by Crippen LogP contribution is -2.32. The predicted molar refractivity (Wildman–Crippen MR) is 106 cm³/mol. The second kappa shape index (κ2) is 8.54. The minimum atomic E-state index is -0.313. The molecule has 142 valence electrons. The Morgan fingerprint density at radius 1 is 1.46 bits per heavy atom. The van der Waals surface area contributed by atoms with Crippen molar-refractivity contribution >= 4 is 39.2 Å². The fraction of sp³-hybridized carbons (Fsp3) is 0.611. The molecule has 0 radical (unpaired) electrons. The van der Waals surface area contributed by atoms with E-state index in [0.29, 0.717) is 24.9 Å². The summed E-state index contributed by atoms with van der Waals surface area (Å²) >= 11 is 2.97. The molecule has 0 saturated heterocycles. The molecule has 1 N–H and O–H groups in total. The van der Waals surface area contributed by atoms with Gasteiger partial charge in [0, 0.05) is 18.5 Å². The lowest BCUT2D eigenvalue weighted by Gasteiger charge is -2.15. The van der Waals surface area contributed by atoms with Crippen LogP contribution in [0.3, 0.4) is 0 Å². The molecule has 0 aliphatic heterocycles. The number of nitrogens with one attached hydrogen (secondary N) is 1. The average molecular weight is 396 g/mol. The van der Waals surface area contributed by atoms with Crippen molar-refractivity contribution in [3.8, 4) is 0 Å². The molecule has 1 aliphatic rings. The molecule has 6 nitrogen and oxygen atoms in total. The van der Waals surface area contributed by atoms with Crippen molar-refractivity contribution in [2.75, 3.05) is 20.3 Å². The van der Waals surface area contributed by atoms with Gasteiger partial charge in [0.15, 0.2) is 5.16 Å². The number of hydrogen-bond acceptors (Lipinski definition) is 6. The monoisotopic (exact) mass is 395 g/mol. The Bertz CT molecular complexity index is 859. The predicted octanol–water partition coefficient (Wildman–Crippen LogP) is 2.60. The van der Waals surface area contributed by atoms with E-state index >= 15 is 0 Å². The fourth-order valence-corrected chi connectivity index (χ4v) is 5.39. The van der Waals surface area contributed by atoms with E-state index in [0.717, 1.165) is 35.9 Å². The van der Waals surface area contributed by atoms with Crippen LogP contribution in [0.1, 0.15) is 37.1 Å². The summed E-state index contributed by atoms with van der Waals surface area (Å²) < 4.78 is 6.85. The van der Waals surface area contributed by atoms with Gasteiger partial charge in [-0.25, -0.2) is 4.98 Å². The Kier molecular flexibility index (Phi) is 6.37. The normalized spacial score (nSPS) is 14.6. The number of methoxy groups -OCH3 is 1. The van der Waals surface area contributed by atoms with Gasteiger partial charge in [-0.1, -0.05) is 18.7 Å². The summed E-state index contributed by atoms with van der Waals surface area (Å²) in [6, 6.07) is 0. The van der Waals surface area contributed by atoms with Crippen LogP contribution in [0.2, 0.25) is 0 Å². The molecule has 2 heterocycles. The van der Waals surface area contributed by atoms with Crippen molar-refractivity contribution in [3.05, 3.63) is 20.8 Å². The zero-order chi connectivity index (χ0) is 18.7. The van der Waals surface area contributed by atoms with Gasteiger partial charge < -0.3 is 10.1 Å². The lowest BCUT2D eigenvalue weighted by atomic mass is 10.2. The fourth-order valence-electron chi connectivity index (χ4n) is 3.13. The highest BCUT2D eigenvalue weighted by Crippen LogP contribution is 2.36. The molecule has 26 heavy (non-hydrogen) atoms. The summed E-state index contributed by atoms with van der Waals surface area (Å²) in [6.07, 6.45) is 4.00. The van der Waals surface area contributed by atoms with E-state index in [1.165, 1.54) is 22.2 Å². The van der Waals surface area contributed by atoms with E-state index in [2.05, 4.69) is 5.32 Å². The van der Waals surface area contributed by atoms with Crippen molar-refractivity contribution in [2.24, 2.45) is 0 Å². The van der Waals surface area contributed by atoms with Crippen molar-refractivity contribution in [1.29, 1.82) is 0 Å². The summed E-state index contributed by atoms with van der Waals surface area (Å²) in [4.78, 5) is 32.2. The van der Waals surface area contributed by atoms with Crippen LogP contribution in [0.15, 0.2) is 9.95 Å². The maximum Gasteiger partial charge on any atom is 0.263 e. The van der Waals surface area contributed by atoms with Crippen LogP contribution in [0.5, 0.6) is 0 Å². The SMILES string of the molecule is CCCNC(=O)[C@@H](C)Sc1nc2sc3c(c2c(=O)n1CCOC)CCC3. The van der Waals surface area contributed by atoms with Gasteiger partial charge in [0.2, 0.25) is 5.91 Å². The maximum atomic E-state index is 13.2. The molecule has 0 bridgehead atoms. The largest absolute Gasteiger partial charge is 0.383 e. The molecule has 0 unspecified atom stereocenters. The van der Waals surface area contributed by atoms with E-state index < -0.39 is 0 Å². The quantitative estimate of drug-likeness (QED) is 0.549. The third-order valence-corrected chi connectivity index (χ3v) is 6.79. The van der Waals surface area contributed by atoms with Gasteiger partial charge in [-0.3, -0.25) is 14.2 Å². The zero-order valence-electron chi connectivity index (χ0n) is 15.5. The molecule has 3 rings (SSSR count). The second-order valence-corrected chi connectivity index (χ2v) is 8.82. The van der Waals surface area contributed by atoms with Crippen LogP contribution in [-0.2, 0) is 28.9 Å². The van der Waals surface area contributed by atoms with Crippen molar-refractivity contribution < 1.29 is 9.53 Å². The van der Waals surface area contributed by atoms with Crippen LogP contribution >= 0.6 is 23.1 Å². The highest BCUT2D eigenvalue weighted by molar-refractivity contribution is 8.00. The number of carbonyl (C=O) groups excluding carboxylic acids is 1. The van der Waals surface area contributed by atoms with Crippen LogP contribution < -0.4 is 10.9 Å². The minimum Gasteiger partial charge on any atom is -0.383 e. The van der Waals surface area contributed by atoms with Crippen LogP contribution in [0.4, 0.5) is 0 Å². The standard InChI is InChI=1S/C18H25N3O3S2/c1-4-8-19-15(22)11(2)25-18-20-16-14(12-6-5-7-13(12)26-16)17(23)21(18)9-10-24-3/h11H,4-10H2,1-3H3,(H,19,22)/t11-/m1/s1. The number of fused-ring (bicyclic) bond motifs is 3. The molecule has 0 saturated carbocycles. The first-order valence-corrected chi connectivity index (χ1v) is 10.7. The molecule has 1 aliphatic carbocycles. The number of carbonyl (C=O) groups is 1. The molecule has 2 aromatic rings. The molecule has 0 aromatic carbocycles. The number of hydrogen-bond donors (Lipinski definition) is 1. The molecule has 2 aromatic heterocycles. The van der Waals surface area contributed by atoms with E-state index in [1.807, 2.05) is 13.8 Å². The Hall–Kier alpha value is -1.38. The average Bonchev–Trinajstić information content (AvgIpc) is 3.19. The van der Waals surface area contributed by atoms with Crippen molar-refractivity contribution in [2.45, 2.75) is 56.5 Å². The Morgan fingerprint density at radius 3 is 3.00 bits per heavy atom. The number of aryl methyl sites for hydroxylation is 2. The first kappa shape index (κ1) is 19.4. The van der Waals surface area contributed by atoms with Gasteiger partial charge in [0.1, 0.15) is 4.83 Å². The highest BCUT2D eigenvalue weighted by Gasteiger charge is 2.25. The van der Waals surface area contributed by atoms with Gasteiger partial charge in [-0.05, 0) is 38.2 Å². The van der Waals surface area contributed by atoms with Gasteiger partial charge in [0.05, 0.1) is 23.8 Å². The summed E-state index contributed by atoms with van der Waals surface area (Å²) in [7, 11) is 1.62. The third kappa shape index (κ3) is 3.82. The second-order valence-electron chi connectivity index (χ2n) is 6.43. The summed E-state index contributed by atoms with van der Waals surface area (Å²) in [6.45, 7) is 5.40. The van der Waals surface area contributed by atoms with Gasteiger partial charge in [0.25, 0.3) is 5.56 Å². The highest BCUT2D eigenvalue weighted by atomic mass is 32.2. The maximum absolute atomic E-state index is 13.2. The summed E-state index contributed by atoms with van der Waals surface area (Å²) in [5.74, 6) is -0.0295. The number of ether oxygens (including phenoxy) is 1. The van der Waals surface area contributed by atoms with Gasteiger partial charge >= 0.3 is 0 Å². The number of aromatic nitrogens is 2. The smallest absolute Gasteiger partial charge is 0.263 e. The number of amides is 1. The van der Waals surface area contributed by atoms with E-state index in [9.17, 15) is 9.59 Å². The van der Waals surface area contributed by atoms with Crippen molar-refractivity contribution in [3.63, 3.8) is 0 Å². The molecule has 1 amide bonds. The van der Waals surface area contributed by atoms with Crippen LogP contribution in [0, 0.1) is 0 Å². The Balaban J connectivity index is 1.97. The van der Waals surface area contributed by atoms with Gasteiger partial charge in [-0.2, -0.15) is 0 Å². The topological polar surface area (TPSA) is 73.2 Å². The van der Waals surface area contributed by atoms with E-state index in [1.54, 1.807) is 23.0 Å². The van der Waals surface area contributed by atoms with Crippen LogP contribution in [0.25, 0.3) is 10.2 Å². The molecular weight excluding hydrogens is 370 g/mol. The van der Waals surface area contributed by atoms with Gasteiger partial charge in [-0.15, -0.1) is 11.3 Å². The summed E-state index contributed by atoms with van der Waals surface area (Å²) in [5, 5.41) is 3.95. The third-order valence-electron chi connectivity index (χ3n) is 4.51.